The van der Waals surface area contributed by atoms with Crippen molar-refractivity contribution in [1.82, 2.24) is 0 Å². The Hall–Kier alpha value is -2.96. The molecule has 9 N–H and O–H groups in total. The first-order chi connectivity index (χ1) is 20.4. The lowest BCUT2D eigenvalue weighted by Crippen LogP contribution is -2.64. The highest BCUT2D eigenvalue weighted by atomic mass is 16.8. The van der Waals surface area contributed by atoms with E-state index in [1.54, 1.807) is 6.07 Å². The van der Waals surface area contributed by atoms with E-state index in [1.165, 1.54) is 32.2 Å². The Labute approximate surface area is 245 Å². The molecule has 15 heteroatoms. The average Bonchev–Trinajstić information content (AvgIpc) is 2.97. The van der Waals surface area contributed by atoms with Crippen molar-refractivity contribution in [2.45, 2.75) is 87.0 Å². The van der Waals surface area contributed by atoms with Gasteiger partial charge in [-0.2, -0.15) is 0 Å². The molecule has 0 radical (unpaired) electrons. The first-order valence-electron chi connectivity index (χ1n) is 13.7. The Balaban J connectivity index is 1.41. The number of ether oxygens (including phenoxy) is 6. The Morgan fingerprint density at radius 1 is 0.837 bits per heavy atom. The van der Waals surface area contributed by atoms with Gasteiger partial charge in [0.05, 0.1) is 31.5 Å². The fraction of sp³-hybridized carbons (Fsp3) is 0.571. The van der Waals surface area contributed by atoms with Crippen molar-refractivity contribution in [1.29, 1.82) is 0 Å². The summed E-state index contributed by atoms with van der Waals surface area (Å²) in [6, 6.07) is 7.12. The predicted octanol–water partition coefficient (Wildman–Crippen LogP) is -1.31. The van der Waals surface area contributed by atoms with Gasteiger partial charge in [-0.15, -0.1) is 0 Å². The van der Waals surface area contributed by atoms with Crippen LogP contribution in [0, 0.1) is 0 Å². The number of phenols is 2. The molecule has 0 aliphatic carbocycles. The molecule has 2 aromatic carbocycles. The largest absolute Gasteiger partial charge is 0.507 e. The number of methoxy groups -OCH3 is 1. The van der Waals surface area contributed by atoms with E-state index >= 15 is 0 Å². The molecule has 238 valence electrons. The number of hydrogen-bond acceptors (Lipinski definition) is 15. The van der Waals surface area contributed by atoms with Gasteiger partial charge in [0.25, 0.3) is 0 Å². The summed E-state index contributed by atoms with van der Waals surface area (Å²) in [5.41, 5.74) is 0.607. The molecule has 0 unspecified atom stereocenters. The van der Waals surface area contributed by atoms with Crippen LogP contribution in [-0.2, 0) is 14.2 Å². The quantitative estimate of drug-likeness (QED) is 0.177. The maximum Gasteiger partial charge on any atom is 0.229 e. The van der Waals surface area contributed by atoms with Crippen LogP contribution in [0.1, 0.15) is 36.7 Å². The second-order valence-corrected chi connectivity index (χ2v) is 10.8. The summed E-state index contributed by atoms with van der Waals surface area (Å²) >= 11 is 0. The second kappa shape index (κ2) is 12.6. The van der Waals surface area contributed by atoms with Gasteiger partial charge in [-0.25, -0.2) is 0 Å². The zero-order valence-corrected chi connectivity index (χ0v) is 23.2. The molecule has 0 amide bonds. The van der Waals surface area contributed by atoms with Crippen LogP contribution in [0.2, 0.25) is 0 Å². The zero-order valence-electron chi connectivity index (χ0n) is 23.2. The van der Waals surface area contributed by atoms with Gasteiger partial charge >= 0.3 is 0 Å². The van der Waals surface area contributed by atoms with Gasteiger partial charge in [-0.3, -0.25) is 0 Å². The lowest BCUT2D eigenvalue weighted by molar-refractivity contribution is -0.354. The molecule has 2 fully saturated rings. The normalized spacial score (nSPS) is 37.7. The van der Waals surface area contributed by atoms with E-state index in [0.29, 0.717) is 5.56 Å². The van der Waals surface area contributed by atoms with Crippen molar-refractivity contribution in [3.05, 3.63) is 41.5 Å². The van der Waals surface area contributed by atoms with E-state index in [-0.39, 0.29) is 40.7 Å². The average molecular weight is 613 g/mol. The standard InChI is InChI=1S/C28H36O15/c1-10-21(33)23(35)25(37)27(39-10)43-26-24(36)22(34)19(9-29)42-28(26)40-12-6-14(31)20-15(32)8-17(41-18(20)7-12)11-3-4-16(38-2)13(30)5-11/h3-7,10,15,17,19,21-37H,8-9H2,1-2H3/t10-,15+,17+,19-,21-,22+,23+,24+,25+,26+,27+,28-/m0/s1. The molecule has 15 nitrogen and oxygen atoms in total. The van der Waals surface area contributed by atoms with Crippen molar-refractivity contribution in [2.75, 3.05) is 13.7 Å². The van der Waals surface area contributed by atoms with Crippen molar-refractivity contribution in [3.8, 4) is 28.7 Å². The van der Waals surface area contributed by atoms with E-state index in [1.807, 2.05) is 0 Å². The van der Waals surface area contributed by atoms with Crippen LogP contribution in [0.25, 0.3) is 0 Å². The van der Waals surface area contributed by atoms with E-state index < -0.39 is 80.2 Å². The summed E-state index contributed by atoms with van der Waals surface area (Å²) in [5.74, 6) is -0.321. The molecule has 0 saturated carbocycles. The molecule has 5 rings (SSSR count). The van der Waals surface area contributed by atoms with Crippen molar-refractivity contribution in [3.63, 3.8) is 0 Å². The van der Waals surface area contributed by atoms with E-state index in [9.17, 15) is 46.0 Å². The van der Waals surface area contributed by atoms with Gasteiger partial charge in [0.1, 0.15) is 60.0 Å². The van der Waals surface area contributed by atoms with E-state index in [4.69, 9.17) is 28.4 Å². The number of aliphatic hydroxyl groups is 7. The molecule has 3 heterocycles. The predicted molar refractivity (Wildman–Crippen MR) is 141 cm³/mol. The highest BCUT2D eigenvalue weighted by Gasteiger charge is 2.51. The monoisotopic (exact) mass is 612 g/mol. The molecule has 3 aliphatic heterocycles. The number of phenolic OH excluding ortho intramolecular Hbond substituents is 2. The fourth-order valence-corrected chi connectivity index (χ4v) is 5.43. The minimum absolute atomic E-state index is 0.0404. The van der Waals surface area contributed by atoms with Crippen molar-refractivity contribution >= 4 is 0 Å². The first kappa shape index (κ1) is 31.5. The minimum Gasteiger partial charge on any atom is -0.507 e. The van der Waals surface area contributed by atoms with Crippen LogP contribution in [-0.4, -0.2) is 121 Å². The Kier molecular flexibility index (Phi) is 9.20. The number of rotatable bonds is 7. The minimum atomic E-state index is -1.75. The Morgan fingerprint density at radius 3 is 2.26 bits per heavy atom. The summed E-state index contributed by atoms with van der Waals surface area (Å²) in [7, 11) is 1.41. The number of aliphatic hydroxyl groups excluding tert-OH is 7. The molecular weight excluding hydrogens is 576 g/mol. The van der Waals surface area contributed by atoms with Gasteiger partial charge in [0.2, 0.25) is 6.29 Å². The van der Waals surface area contributed by atoms with E-state index in [0.717, 1.165) is 6.07 Å². The molecule has 3 aliphatic rings. The highest BCUT2D eigenvalue weighted by molar-refractivity contribution is 5.53. The van der Waals surface area contributed by atoms with Crippen LogP contribution in [0.3, 0.4) is 0 Å². The van der Waals surface area contributed by atoms with Gasteiger partial charge in [0, 0.05) is 18.6 Å². The summed E-state index contributed by atoms with van der Waals surface area (Å²) in [4.78, 5) is 0. The molecule has 2 aromatic rings. The van der Waals surface area contributed by atoms with Gasteiger partial charge < -0.3 is 74.4 Å². The van der Waals surface area contributed by atoms with Crippen LogP contribution >= 0.6 is 0 Å². The molecule has 43 heavy (non-hydrogen) atoms. The number of hydrogen-bond donors (Lipinski definition) is 9. The van der Waals surface area contributed by atoms with Gasteiger partial charge in [-0.1, -0.05) is 6.07 Å². The van der Waals surface area contributed by atoms with Crippen molar-refractivity contribution < 1.29 is 74.4 Å². The molecular formula is C28H36O15. The molecule has 2 saturated heterocycles. The lowest BCUT2D eigenvalue weighted by atomic mass is 9.94. The number of fused-ring (bicyclic) bond motifs is 1. The number of benzene rings is 2. The number of aromatic hydroxyl groups is 2. The van der Waals surface area contributed by atoms with E-state index in [2.05, 4.69) is 0 Å². The summed E-state index contributed by atoms with van der Waals surface area (Å²) in [6.07, 6.45) is -17.1. The van der Waals surface area contributed by atoms with Crippen LogP contribution < -0.4 is 14.2 Å². The lowest BCUT2D eigenvalue weighted by Gasteiger charge is -2.45. The maximum absolute atomic E-state index is 10.9. The molecule has 0 bridgehead atoms. The summed E-state index contributed by atoms with van der Waals surface area (Å²) < 4.78 is 33.8. The maximum atomic E-state index is 10.9. The fourth-order valence-electron chi connectivity index (χ4n) is 5.43. The van der Waals surface area contributed by atoms with Gasteiger partial charge in [-0.05, 0) is 24.6 Å². The SMILES string of the molecule is COc1ccc([C@H]2C[C@@H](O)c3c(O)cc(O[C@H]4O[C@@H](CO)[C@@H](O)[C@@H](O)[C@H]4O[C@H]4O[C@@H](C)[C@H](O)[C@@H](O)[C@H]4O)cc3O2)cc1O. The van der Waals surface area contributed by atoms with Crippen molar-refractivity contribution in [2.24, 2.45) is 0 Å². The second-order valence-electron chi connectivity index (χ2n) is 10.8. The van der Waals surface area contributed by atoms with Crippen LogP contribution in [0.15, 0.2) is 30.3 Å². The van der Waals surface area contributed by atoms with Gasteiger partial charge in [0.15, 0.2) is 23.9 Å². The highest BCUT2D eigenvalue weighted by Crippen LogP contribution is 2.48. The smallest absolute Gasteiger partial charge is 0.229 e. The van der Waals surface area contributed by atoms with Crippen LogP contribution in [0.5, 0.6) is 28.7 Å². The Morgan fingerprint density at radius 2 is 1.58 bits per heavy atom. The zero-order chi connectivity index (χ0) is 31.2. The first-order valence-corrected chi connectivity index (χ1v) is 13.7. The topological polar surface area (TPSA) is 237 Å². The van der Waals surface area contributed by atoms with Crippen LogP contribution in [0.4, 0.5) is 0 Å². The Bertz CT molecular complexity index is 1270. The third-order valence-electron chi connectivity index (χ3n) is 7.88. The summed E-state index contributed by atoms with van der Waals surface area (Å²) in [6.45, 7) is 0.718. The molecule has 0 spiro atoms. The molecule has 12 atom stereocenters. The third-order valence-corrected chi connectivity index (χ3v) is 7.88. The molecule has 0 aromatic heterocycles. The summed E-state index contributed by atoms with van der Waals surface area (Å²) in [5, 5.41) is 93.4. The third kappa shape index (κ3) is 6.06.